The summed E-state index contributed by atoms with van der Waals surface area (Å²) in [6.45, 7) is 2.78. The molecule has 0 spiro atoms. The minimum atomic E-state index is -0.670. The summed E-state index contributed by atoms with van der Waals surface area (Å²) in [5, 5.41) is 9.77. The Morgan fingerprint density at radius 1 is 1.67 bits per heavy atom. The fraction of sp³-hybridized carbons (Fsp3) is 0.500. The first-order chi connectivity index (χ1) is 7.04. The lowest BCUT2D eigenvalue weighted by Crippen LogP contribution is -2.63. The lowest BCUT2D eigenvalue weighted by atomic mass is 9.91. The molecule has 1 saturated heterocycles. The summed E-state index contributed by atoms with van der Waals surface area (Å²) < 4.78 is 0.615. The predicted octanol–water partition coefficient (Wildman–Crippen LogP) is 2.00. The van der Waals surface area contributed by atoms with Gasteiger partial charge < -0.3 is 10.0 Å². The number of hydrogen-bond acceptors (Lipinski definition) is 3. The van der Waals surface area contributed by atoms with Crippen LogP contribution in [0.5, 0.6) is 0 Å². The van der Waals surface area contributed by atoms with Crippen molar-refractivity contribution >= 4 is 28.8 Å². The van der Waals surface area contributed by atoms with Gasteiger partial charge in [-0.1, -0.05) is 18.5 Å². The lowest BCUT2D eigenvalue weighted by molar-refractivity contribution is -0.0824. The molecule has 1 N–H and O–H groups in total. The summed E-state index contributed by atoms with van der Waals surface area (Å²) in [4.78, 5) is 14.1. The van der Waals surface area contributed by atoms with Crippen molar-refractivity contribution in [3.63, 3.8) is 0 Å². The van der Waals surface area contributed by atoms with Gasteiger partial charge in [0.1, 0.15) is 0 Å². The summed E-state index contributed by atoms with van der Waals surface area (Å²) in [7, 11) is 0. The van der Waals surface area contributed by atoms with Crippen molar-refractivity contribution in [2.45, 2.75) is 18.9 Å². The minimum absolute atomic E-state index is 0.0370. The van der Waals surface area contributed by atoms with Gasteiger partial charge in [0, 0.05) is 0 Å². The monoisotopic (exact) mass is 245 g/mol. The Balaban J connectivity index is 2.00. The first-order valence-corrected chi connectivity index (χ1v) is 6.00. The summed E-state index contributed by atoms with van der Waals surface area (Å²) >= 11 is 7.03. The molecule has 0 radical (unpaired) electrons. The summed E-state index contributed by atoms with van der Waals surface area (Å²) in [6.07, 6.45) is 0.683. The number of likely N-dealkylation sites (tertiary alicyclic amines) is 1. The van der Waals surface area contributed by atoms with E-state index >= 15 is 0 Å². The molecule has 1 aliphatic rings. The van der Waals surface area contributed by atoms with Gasteiger partial charge >= 0.3 is 0 Å². The van der Waals surface area contributed by atoms with Crippen LogP contribution in [0.1, 0.15) is 23.0 Å². The third kappa shape index (κ3) is 2.02. The topological polar surface area (TPSA) is 40.5 Å². The van der Waals surface area contributed by atoms with Crippen LogP contribution >= 0.6 is 22.9 Å². The molecule has 0 unspecified atom stereocenters. The molecule has 0 atom stereocenters. The van der Waals surface area contributed by atoms with Gasteiger partial charge in [-0.2, -0.15) is 0 Å². The first kappa shape index (κ1) is 10.9. The van der Waals surface area contributed by atoms with Crippen LogP contribution in [-0.2, 0) is 0 Å². The van der Waals surface area contributed by atoms with Crippen molar-refractivity contribution in [2.75, 3.05) is 13.1 Å². The second kappa shape index (κ2) is 3.77. The number of carbonyl (C=O) groups excluding carboxylic acids is 1. The molecule has 1 fully saturated rings. The van der Waals surface area contributed by atoms with E-state index in [1.807, 2.05) is 6.92 Å². The Hall–Kier alpha value is -0.580. The second-order valence-corrected chi connectivity index (χ2v) is 5.56. The van der Waals surface area contributed by atoms with Crippen molar-refractivity contribution < 1.29 is 9.90 Å². The third-order valence-electron chi connectivity index (χ3n) is 2.70. The number of halogens is 1. The highest BCUT2D eigenvalue weighted by molar-refractivity contribution is 7.17. The maximum atomic E-state index is 11.8. The molecule has 1 amide bonds. The van der Waals surface area contributed by atoms with Crippen molar-refractivity contribution in [2.24, 2.45) is 0 Å². The van der Waals surface area contributed by atoms with E-state index in [9.17, 15) is 9.90 Å². The van der Waals surface area contributed by atoms with E-state index in [0.717, 1.165) is 0 Å². The lowest BCUT2D eigenvalue weighted by Gasteiger charge is -2.45. The molecule has 2 rings (SSSR count). The number of carbonyl (C=O) groups is 1. The SMILES string of the molecule is CCC1(O)CN(C(=O)c2ccc(Cl)s2)C1. The number of amides is 1. The zero-order valence-corrected chi connectivity index (χ0v) is 9.94. The largest absolute Gasteiger partial charge is 0.386 e. The maximum Gasteiger partial charge on any atom is 0.264 e. The highest BCUT2D eigenvalue weighted by Crippen LogP contribution is 2.29. The van der Waals surface area contributed by atoms with E-state index in [-0.39, 0.29) is 5.91 Å². The molecule has 0 bridgehead atoms. The summed E-state index contributed by atoms with van der Waals surface area (Å²) in [5.74, 6) is -0.0370. The second-order valence-electron chi connectivity index (χ2n) is 3.84. The maximum absolute atomic E-state index is 11.8. The summed E-state index contributed by atoms with van der Waals surface area (Å²) in [6, 6.07) is 3.43. The van der Waals surface area contributed by atoms with Crippen LogP contribution in [0.4, 0.5) is 0 Å². The highest BCUT2D eigenvalue weighted by Gasteiger charge is 2.42. The van der Waals surface area contributed by atoms with Gasteiger partial charge in [-0.15, -0.1) is 11.3 Å². The van der Waals surface area contributed by atoms with E-state index in [1.54, 1.807) is 17.0 Å². The number of hydrogen-bond donors (Lipinski definition) is 1. The van der Waals surface area contributed by atoms with Gasteiger partial charge in [-0.05, 0) is 18.6 Å². The number of thiophene rings is 1. The Labute approximate surface area is 97.3 Å². The van der Waals surface area contributed by atoms with E-state index in [1.165, 1.54) is 11.3 Å². The van der Waals surface area contributed by atoms with Crippen molar-refractivity contribution in [1.82, 2.24) is 4.90 Å². The number of rotatable bonds is 2. The zero-order valence-electron chi connectivity index (χ0n) is 8.36. The smallest absolute Gasteiger partial charge is 0.264 e. The molecule has 0 saturated carbocycles. The van der Waals surface area contributed by atoms with Crippen LogP contribution in [0, 0.1) is 0 Å². The van der Waals surface area contributed by atoms with E-state index in [2.05, 4.69) is 0 Å². The average Bonchev–Trinajstić information content (AvgIpc) is 2.59. The third-order valence-corrected chi connectivity index (χ3v) is 3.92. The van der Waals surface area contributed by atoms with Crippen molar-refractivity contribution in [3.8, 4) is 0 Å². The molecule has 0 aliphatic carbocycles. The molecule has 5 heteroatoms. The summed E-state index contributed by atoms with van der Waals surface area (Å²) in [5.41, 5.74) is -0.670. The molecule has 1 aromatic heterocycles. The normalized spacial score (nSPS) is 18.7. The number of nitrogens with zero attached hydrogens (tertiary/aromatic N) is 1. The van der Waals surface area contributed by atoms with Crippen molar-refractivity contribution in [1.29, 1.82) is 0 Å². The molecule has 82 valence electrons. The van der Waals surface area contributed by atoms with Crippen LogP contribution in [-0.4, -0.2) is 34.6 Å². The number of β-amino-alcohol motifs (C(OH)–C–C–N with tert-alkyl or cyclic N) is 1. The first-order valence-electron chi connectivity index (χ1n) is 4.81. The Kier molecular flexibility index (Phi) is 2.75. The molecule has 15 heavy (non-hydrogen) atoms. The highest BCUT2D eigenvalue weighted by atomic mass is 35.5. The van der Waals surface area contributed by atoms with Gasteiger partial charge in [-0.25, -0.2) is 0 Å². The van der Waals surface area contributed by atoms with E-state index in [0.29, 0.717) is 28.7 Å². The Bertz CT molecular complexity index is 385. The van der Waals surface area contributed by atoms with Crippen LogP contribution in [0.2, 0.25) is 4.34 Å². The zero-order chi connectivity index (χ0) is 11.1. The van der Waals surface area contributed by atoms with Crippen LogP contribution in [0.25, 0.3) is 0 Å². The molecule has 2 heterocycles. The molecule has 1 aromatic rings. The molecular formula is C10H12ClNO2S. The molecular weight excluding hydrogens is 234 g/mol. The molecule has 1 aliphatic heterocycles. The average molecular weight is 246 g/mol. The van der Waals surface area contributed by atoms with Gasteiger partial charge in [0.2, 0.25) is 0 Å². The minimum Gasteiger partial charge on any atom is -0.386 e. The van der Waals surface area contributed by atoms with Crippen LogP contribution in [0.3, 0.4) is 0 Å². The molecule has 3 nitrogen and oxygen atoms in total. The van der Waals surface area contributed by atoms with Crippen LogP contribution < -0.4 is 0 Å². The van der Waals surface area contributed by atoms with Gasteiger partial charge in [0.05, 0.1) is 27.9 Å². The van der Waals surface area contributed by atoms with E-state index in [4.69, 9.17) is 11.6 Å². The Morgan fingerprint density at radius 3 is 2.80 bits per heavy atom. The number of aliphatic hydroxyl groups is 1. The quantitative estimate of drug-likeness (QED) is 0.866. The van der Waals surface area contributed by atoms with Gasteiger partial charge in [0.15, 0.2) is 0 Å². The predicted molar refractivity (Wildman–Crippen MR) is 60.5 cm³/mol. The fourth-order valence-electron chi connectivity index (χ4n) is 1.62. The van der Waals surface area contributed by atoms with Crippen LogP contribution in [0.15, 0.2) is 12.1 Å². The fourth-order valence-corrected chi connectivity index (χ4v) is 2.63. The Morgan fingerprint density at radius 2 is 2.33 bits per heavy atom. The van der Waals surface area contributed by atoms with E-state index < -0.39 is 5.60 Å². The standard InChI is InChI=1S/C10H12ClNO2S/c1-2-10(14)5-12(6-10)9(13)7-3-4-8(11)15-7/h3-4,14H,2,5-6H2,1H3. The van der Waals surface area contributed by atoms with Crippen molar-refractivity contribution in [3.05, 3.63) is 21.3 Å². The van der Waals surface area contributed by atoms with Gasteiger partial charge in [-0.3, -0.25) is 4.79 Å². The molecule has 0 aromatic carbocycles. The van der Waals surface area contributed by atoms with Gasteiger partial charge in [0.25, 0.3) is 5.91 Å².